The van der Waals surface area contributed by atoms with Gasteiger partial charge in [0.05, 0.1) is 6.10 Å². The fraction of sp³-hybridized carbons (Fsp3) is 0.500. The molecule has 1 heterocycles. The smallest absolute Gasteiger partial charge is 0.0829 e. The van der Waals surface area contributed by atoms with E-state index in [-0.39, 0.29) is 6.10 Å². The molecule has 2 heteroatoms. The zero-order chi connectivity index (χ0) is 9.54. The minimum atomic E-state index is -0.266. The Kier molecular flexibility index (Phi) is 1.77. The van der Waals surface area contributed by atoms with Crippen LogP contribution in [0.25, 0.3) is 0 Å². The lowest BCUT2D eigenvalue weighted by atomic mass is 9.93. The number of fused-ring (bicyclic) bond motifs is 1. The molecule has 0 aromatic heterocycles. The molecule has 1 saturated carbocycles. The van der Waals surface area contributed by atoms with Crippen LogP contribution in [0.2, 0.25) is 0 Å². The first-order chi connectivity index (χ1) is 6.84. The highest BCUT2D eigenvalue weighted by atomic mass is 16.3. The summed E-state index contributed by atoms with van der Waals surface area (Å²) in [6, 6.07) is 8.58. The molecular weight excluding hydrogens is 174 g/mol. The third kappa shape index (κ3) is 1.30. The Morgan fingerprint density at radius 3 is 2.79 bits per heavy atom. The molecule has 1 aromatic rings. The second kappa shape index (κ2) is 2.99. The van der Waals surface area contributed by atoms with Crippen LogP contribution < -0.4 is 5.32 Å². The zero-order valence-corrected chi connectivity index (χ0v) is 8.11. The van der Waals surface area contributed by atoms with E-state index in [4.69, 9.17) is 0 Å². The van der Waals surface area contributed by atoms with Crippen molar-refractivity contribution in [1.29, 1.82) is 0 Å². The van der Waals surface area contributed by atoms with Crippen LogP contribution in [0, 0.1) is 5.92 Å². The Balaban J connectivity index is 1.91. The third-order valence-corrected chi connectivity index (χ3v) is 3.33. The Morgan fingerprint density at radius 1 is 1.21 bits per heavy atom. The van der Waals surface area contributed by atoms with Gasteiger partial charge in [-0.25, -0.2) is 0 Å². The van der Waals surface area contributed by atoms with Gasteiger partial charge in [-0.2, -0.15) is 0 Å². The summed E-state index contributed by atoms with van der Waals surface area (Å²) in [6.07, 6.45) is 3.26. The molecule has 2 atom stereocenters. The molecule has 0 bridgehead atoms. The summed E-state index contributed by atoms with van der Waals surface area (Å²) in [5.74, 6) is 0.804. The van der Waals surface area contributed by atoms with Gasteiger partial charge in [-0.1, -0.05) is 18.2 Å². The van der Waals surface area contributed by atoms with E-state index in [9.17, 15) is 5.11 Å². The van der Waals surface area contributed by atoms with E-state index in [0.717, 1.165) is 23.6 Å². The van der Waals surface area contributed by atoms with Gasteiger partial charge in [0, 0.05) is 17.3 Å². The first-order valence-corrected chi connectivity index (χ1v) is 5.38. The maximum Gasteiger partial charge on any atom is 0.0829 e. The lowest BCUT2D eigenvalue weighted by Crippen LogP contribution is -2.29. The second-order valence-corrected chi connectivity index (χ2v) is 4.43. The van der Waals surface area contributed by atoms with Crippen molar-refractivity contribution < 1.29 is 5.11 Å². The largest absolute Gasteiger partial charge is 0.388 e. The van der Waals surface area contributed by atoms with Crippen molar-refractivity contribution >= 4 is 5.69 Å². The Labute approximate surface area is 84.0 Å². The number of para-hydroxylation sites is 1. The molecule has 0 amide bonds. The van der Waals surface area contributed by atoms with Crippen LogP contribution in [0.15, 0.2) is 24.3 Å². The highest BCUT2D eigenvalue weighted by molar-refractivity contribution is 5.55. The average Bonchev–Trinajstić information content (AvgIpc) is 3.01. The second-order valence-electron chi connectivity index (χ2n) is 4.43. The third-order valence-electron chi connectivity index (χ3n) is 3.33. The highest BCUT2D eigenvalue weighted by Crippen LogP contribution is 2.42. The summed E-state index contributed by atoms with van der Waals surface area (Å²) in [6.45, 7) is 0. The van der Waals surface area contributed by atoms with Crippen molar-refractivity contribution in [3.8, 4) is 0 Å². The number of aliphatic hydroxyl groups excluding tert-OH is 1. The van der Waals surface area contributed by atoms with Crippen LogP contribution in [0.4, 0.5) is 5.69 Å². The first-order valence-electron chi connectivity index (χ1n) is 5.38. The van der Waals surface area contributed by atoms with Crippen LogP contribution >= 0.6 is 0 Å². The molecule has 2 aliphatic rings. The topological polar surface area (TPSA) is 32.3 Å². The lowest BCUT2D eigenvalue weighted by molar-refractivity contribution is 0.152. The molecule has 0 spiro atoms. The standard InChI is InChI=1S/C12H15NO/c14-12-7-11(8-5-6-8)13-10-4-2-1-3-9(10)12/h1-4,8,11-14H,5-7H2/t11-,12-/m1/s1. The van der Waals surface area contributed by atoms with E-state index >= 15 is 0 Å². The normalized spacial score (nSPS) is 30.6. The number of hydrogen-bond donors (Lipinski definition) is 2. The predicted molar refractivity (Wildman–Crippen MR) is 56.2 cm³/mol. The maximum absolute atomic E-state index is 9.97. The molecule has 74 valence electrons. The lowest BCUT2D eigenvalue weighted by Gasteiger charge is -2.30. The van der Waals surface area contributed by atoms with Crippen molar-refractivity contribution in [2.75, 3.05) is 5.32 Å². The number of aliphatic hydroxyl groups is 1. The van der Waals surface area contributed by atoms with Gasteiger partial charge in [0.1, 0.15) is 0 Å². The molecule has 2 N–H and O–H groups in total. The van der Waals surface area contributed by atoms with E-state index < -0.39 is 0 Å². The maximum atomic E-state index is 9.97. The molecule has 1 fully saturated rings. The number of hydrogen-bond acceptors (Lipinski definition) is 2. The van der Waals surface area contributed by atoms with Crippen molar-refractivity contribution in [2.24, 2.45) is 5.92 Å². The Morgan fingerprint density at radius 2 is 2.00 bits per heavy atom. The van der Waals surface area contributed by atoms with E-state index in [1.165, 1.54) is 12.8 Å². The van der Waals surface area contributed by atoms with Crippen molar-refractivity contribution in [3.05, 3.63) is 29.8 Å². The van der Waals surface area contributed by atoms with E-state index in [2.05, 4.69) is 11.4 Å². The van der Waals surface area contributed by atoms with E-state index in [1.54, 1.807) is 0 Å². The van der Waals surface area contributed by atoms with Crippen molar-refractivity contribution in [3.63, 3.8) is 0 Å². The number of anilines is 1. The van der Waals surface area contributed by atoms with Gasteiger partial charge in [-0.15, -0.1) is 0 Å². The van der Waals surface area contributed by atoms with Crippen LogP contribution in [-0.4, -0.2) is 11.1 Å². The van der Waals surface area contributed by atoms with Gasteiger partial charge in [-0.3, -0.25) is 0 Å². The van der Waals surface area contributed by atoms with Crippen LogP contribution in [0.5, 0.6) is 0 Å². The van der Waals surface area contributed by atoms with Gasteiger partial charge >= 0.3 is 0 Å². The molecule has 2 nitrogen and oxygen atoms in total. The molecule has 1 aliphatic heterocycles. The summed E-state index contributed by atoms with van der Waals surface area (Å²) < 4.78 is 0. The fourth-order valence-electron chi connectivity index (χ4n) is 2.35. The summed E-state index contributed by atoms with van der Waals surface area (Å²) in [7, 11) is 0. The number of rotatable bonds is 1. The van der Waals surface area contributed by atoms with Gasteiger partial charge < -0.3 is 10.4 Å². The highest BCUT2D eigenvalue weighted by Gasteiger charge is 2.35. The van der Waals surface area contributed by atoms with Crippen LogP contribution in [0.3, 0.4) is 0 Å². The van der Waals surface area contributed by atoms with Gasteiger partial charge in [0.15, 0.2) is 0 Å². The quantitative estimate of drug-likeness (QED) is 0.710. The molecule has 3 rings (SSSR count). The summed E-state index contributed by atoms with van der Waals surface area (Å²) in [5, 5.41) is 13.5. The molecule has 1 aliphatic carbocycles. The van der Waals surface area contributed by atoms with Crippen LogP contribution in [-0.2, 0) is 0 Å². The SMILES string of the molecule is O[C@@H]1C[C@H](C2CC2)Nc2ccccc21. The van der Waals surface area contributed by atoms with Gasteiger partial charge in [0.2, 0.25) is 0 Å². The number of benzene rings is 1. The van der Waals surface area contributed by atoms with E-state index in [0.29, 0.717) is 6.04 Å². The molecule has 0 saturated heterocycles. The predicted octanol–water partition coefficient (Wildman–Crippen LogP) is 2.31. The zero-order valence-electron chi connectivity index (χ0n) is 8.11. The van der Waals surface area contributed by atoms with Crippen molar-refractivity contribution in [1.82, 2.24) is 0 Å². The summed E-state index contributed by atoms with van der Waals surface area (Å²) in [4.78, 5) is 0. The fourth-order valence-corrected chi connectivity index (χ4v) is 2.35. The first kappa shape index (κ1) is 8.30. The Bertz CT molecular complexity index is 346. The Hall–Kier alpha value is -1.02. The average molecular weight is 189 g/mol. The van der Waals surface area contributed by atoms with Crippen molar-refractivity contribution in [2.45, 2.75) is 31.4 Å². The molecule has 0 radical (unpaired) electrons. The minimum absolute atomic E-state index is 0.266. The van der Waals surface area contributed by atoms with Crippen LogP contribution in [0.1, 0.15) is 30.9 Å². The monoisotopic (exact) mass is 189 g/mol. The molecule has 1 aromatic carbocycles. The van der Waals surface area contributed by atoms with Gasteiger partial charge in [0.25, 0.3) is 0 Å². The van der Waals surface area contributed by atoms with Gasteiger partial charge in [-0.05, 0) is 31.2 Å². The number of nitrogens with one attached hydrogen (secondary N) is 1. The minimum Gasteiger partial charge on any atom is -0.388 e. The van der Waals surface area contributed by atoms with E-state index in [1.807, 2.05) is 18.2 Å². The molecular formula is C12H15NO. The molecule has 14 heavy (non-hydrogen) atoms. The summed E-state index contributed by atoms with van der Waals surface area (Å²) >= 11 is 0. The summed E-state index contributed by atoms with van der Waals surface area (Å²) in [5.41, 5.74) is 2.19. The molecule has 0 unspecified atom stereocenters.